The molecule has 1 fully saturated rings. The number of rotatable bonds is 7. The minimum Gasteiger partial charge on any atom is -0.381 e. The van der Waals surface area contributed by atoms with Crippen LogP contribution in [-0.2, 0) is 16.0 Å². The molecule has 3 N–H and O–H groups in total. The van der Waals surface area contributed by atoms with E-state index in [2.05, 4.69) is 28.1 Å². The predicted octanol–water partition coefficient (Wildman–Crippen LogP) is 1.33. The Kier molecular flexibility index (Phi) is 5.81. The molecule has 4 amide bonds. The molecule has 2 aliphatic rings. The number of carbonyl (C=O) groups is 4. The summed E-state index contributed by atoms with van der Waals surface area (Å²) in [6.07, 6.45) is 1.03. The van der Waals surface area contributed by atoms with Gasteiger partial charge in [-0.2, -0.15) is 0 Å². The number of imide groups is 2. The number of hydrogen-bond donors (Lipinski definition) is 3. The molecule has 2 aliphatic heterocycles. The first-order valence-electron chi connectivity index (χ1n) is 10.3. The summed E-state index contributed by atoms with van der Waals surface area (Å²) in [5, 5.41) is 8.81. The van der Waals surface area contributed by atoms with E-state index in [1.807, 2.05) is 25.2 Å². The van der Waals surface area contributed by atoms with Crippen LogP contribution in [-0.4, -0.2) is 54.2 Å². The van der Waals surface area contributed by atoms with E-state index in [-0.39, 0.29) is 30.0 Å². The third-order valence-electron chi connectivity index (χ3n) is 5.59. The lowest BCUT2D eigenvalue weighted by Crippen LogP contribution is -2.54. The first-order valence-corrected chi connectivity index (χ1v) is 10.3. The smallest absolute Gasteiger partial charge is 0.262 e. The molecule has 0 aromatic heterocycles. The van der Waals surface area contributed by atoms with Crippen molar-refractivity contribution in [1.29, 1.82) is 0 Å². The maximum Gasteiger partial charge on any atom is 0.262 e. The van der Waals surface area contributed by atoms with Gasteiger partial charge in [-0.05, 0) is 43.7 Å². The third-order valence-corrected chi connectivity index (χ3v) is 5.59. The second kappa shape index (κ2) is 8.69. The highest BCUT2D eigenvalue weighted by Gasteiger charge is 2.44. The molecule has 0 radical (unpaired) electrons. The van der Waals surface area contributed by atoms with Crippen molar-refractivity contribution in [3.05, 3.63) is 65.2 Å². The summed E-state index contributed by atoms with van der Waals surface area (Å²) in [5.41, 5.74) is 2.45. The van der Waals surface area contributed by atoms with Gasteiger partial charge in [0, 0.05) is 24.7 Å². The number of piperidine rings is 1. The van der Waals surface area contributed by atoms with E-state index >= 15 is 0 Å². The highest BCUT2D eigenvalue weighted by atomic mass is 16.2. The van der Waals surface area contributed by atoms with Crippen molar-refractivity contribution < 1.29 is 19.2 Å². The molecule has 8 nitrogen and oxygen atoms in total. The minimum absolute atomic E-state index is 0.0731. The summed E-state index contributed by atoms with van der Waals surface area (Å²) >= 11 is 0. The van der Waals surface area contributed by atoms with Gasteiger partial charge < -0.3 is 10.6 Å². The van der Waals surface area contributed by atoms with E-state index in [4.69, 9.17) is 0 Å². The van der Waals surface area contributed by atoms with E-state index in [1.54, 1.807) is 18.2 Å². The first kappa shape index (κ1) is 20.7. The van der Waals surface area contributed by atoms with E-state index in [0.717, 1.165) is 17.0 Å². The fourth-order valence-corrected chi connectivity index (χ4v) is 4.12. The number of hydrogen-bond acceptors (Lipinski definition) is 6. The molecular formula is C23H24N4O4. The summed E-state index contributed by atoms with van der Waals surface area (Å²) in [6, 6.07) is 14.2. The maximum atomic E-state index is 13.0. The quantitative estimate of drug-likeness (QED) is 0.584. The van der Waals surface area contributed by atoms with Gasteiger partial charge in [-0.1, -0.05) is 30.3 Å². The number of benzene rings is 2. The van der Waals surface area contributed by atoms with E-state index < -0.39 is 29.7 Å². The van der Waals surface area contributed by atoms with Crippen LogP contribution in [0.15, 0.2) is 48.5 Å². The molecule has 2 heterocycles. The Labute approximate surface area is 180 Å². The van der Waals surface area contributed by atoms with Crippen molar-refractivity contribution >= 4 is 29.3 Å². The van der Waals surface area contributed by atoms with Gasteiger partial charge in [0.1, 0.15) is 6.04 Å². The Morgan fingerprint density at radius 1 is 1.03 bits per heavy atom. The molecule has 31 heavy (non-hydrogen) atoms. The van der Waals surface area contributed by atoms with Crippen LogP contribution in [0, 0.1) is 0 Å². The molecule has 2 atom stereocenters. The van der Waals surface area contributed by atoms with Crippen molar-refractivity contribution in [3.63, 3.8) is 0 Å². The third kappa shape index (κ3) is 4.20. The van der Waals surface area contributed by atoms with E-state index in [1.165, 1.54) is 5.56 Å². The molecule has 8 heteroatoms. The van der Waals surface area contributed by atoms with Gasteiger partial charge in [0.2, 0.25) is 11.8 Å². The zero-order valence-corrected chi connectivity index (χ0v) is 17.2. The number of carbonyl (C=O) groups excluding carboxylic acids is 4. The molecular weight excluding hydrogens is 396 g/mol. The van der Waals surface area contributed by atoms with Gasteiger partial charge in [-0.15, -0.1) is 0 Å². The van der Waals surface area contributed by atoms with Gasteiger partial charge >= 0.3 is 0 Å². The Bertz CT molecular complexity index is 1040. The first-order chi connectivity index (χ1) is 15.0. The normalized spacial score (nSPS) is 19.3. The summed E-state index contributed by atoms with van der Waals surface area (Å²) in [4.78, 5) is 50.4. The fraction of sp³-hybridized carbons (Fsp3) is 0.304. The minimum atomic E-state index is -0.961. The summed E-state index contributed by atoms with van der Waals surface area (Å²) in [7, 11) is 1.88. The van der Waals surface area contributed by atoms with E-state index in [0.29, 0.717) is 6.54 Å². The van der Waals surface area contributed by atoms with Crippen LogP contribution < -0.4 is 16.0 Å². The molecule has 0 bridgehead atoms. The van der Waals surface area contributed by atoms with Crippen LogP contribution >= 0.6 is 0 Å². The Hall–Kier alpha value is -3.52. The Balaban J connectivity index is 1.53. The monoisotopic (exact) mass is 420 g/mol. The van der Waals surface area contributed by atoms with Crippen LogP contribution in [0.4, 0.5) is 5.69 Å². The lowest BCUT2D eigenvalue weighted by atomic mass is 10.0. The van der Waals surface area contributed by atoms with Crippen LogP contribution in [0.5, 0.6) is 0 Å². The average molecular weight is 420 g/mol. The molecule has 2 aromatic carbocycles. The lowest BCUT2D eigenvalue weighted by molar-refractivity contribution is -0.136. The van der Waals surface area contributed by atoms with Crippen molar-refractivity contribution in [2.24, 2.45) is 0 Å². The average Bonchev–Trinajstić information content (AvgIpc) is 2.99. The van der Waals surface area contributed by atoms with Gasteiger partial charge in [-0.3, -0.25) is 29.4 Å². The van der Waals surface area contributed by atoms with Crippen LogP contribution in [0.2, 0.25) is 0 Å². The highest BCUT2D eigenvalue weighted by Crippen LogP contribution is 2.29. The SMILES string of the molecule is CNCC(Cc1ccccc1)Nc1ccc2c(c1)C(=O)N(C1CCC(=O)NC1=O)C2=O. The molecule has 0 aliphatic carbocycles. The number of nitrogens with zero attached hydrogens (tertiary/aromatic N) is 1. The van der Waals surface area contributed by atoms with Crippen molar-refractivity contribution in [3.8, 4) is 0 Å². The largest absolute Gasteiger partial charge is 0.381 e. The second-order valence-corrected chi connectivity index (χ2v) is 7.80. The number of fused-ring (bicyclic) bond motifs is 1. The maximum absolute atomic E-state index is 13.0. The predicted molar refractivity (Wildman–Crippen MR) is 115 cm³/mol. The van der Waals surface area contributed by atoms with Crippen LogP contribution in [0.25, 0.3) is 0 Å². The highest BCUT2D eigenvalue weighted by molar-refractivity contribution is 6.23. The summed E-state index contributed by atoms with van der Waals surface area (Å²) < 4.78 is 0. The van der Waals surface area contributed by atoms with Gasteiger partial charge in [0.05, 0.1) is 11.1 Å². The lowest BCUT2D eigenvalue weighted by Gasteiger charge is -2.27. The number of nitrogens with one attached hydrogen (secondary N) is 3. The van der Waals surface area contributed by atoms with Gasteiger partial charge in [-0.25, -0.2) is 0 Å². The van der Waals surface area contributed by atoms with Crippen molar-refractivity contribution in [2.75, 3.05) is 18.9 Å². The number of amides is 4. The zero-order chi connectivity index (χ0) is 22.0. The number of anilines is 1. The molecule has 160 valence electrons. The molecule has 0 saturated carbocycles. The van der Waals surface area contributed by atoms with Crippen molar-refractivity contribution in [1.82, 2.24) is 15.5 Å². The molecule has 2 aromatic rings. The fourth-order valence-electron chi connectivity index (χ4n) is 4.12. The summed E-state index contributed by atoms with van der Waals surface area (Å²) in [5.74, 6) is -2.01. The molecule has 0 spiro atoms. The molecule has 4 rings (SSSR count). The summed E-state index contributed by atoms with van der Waals surface area (Å²) in [6.45, 7) is 0.710. The van der Waals surface area contributed by atoms with Crippen LogP contribution in [0.1, 0.15) is 39.1 Å². The van der Waals surface area contributed by atoms with Crippen molar-refractivity contribution in [2.45, 2.75) is 31.3 Å². The zero-order valence-electron chi connectivity index (χ0n) is 17.2. The van der Waals surface area contributed by atoms with Gasteiger partial charge in [0.15, 0.2) is 0 Å². The topological polar surface area (TPSA) is 108 Å². The second-order valence-electron chi connectivity index (χ2n) is 7.80. The number of likely N-dealkylation sites (N-methyl/N-ethyl adjacent to an activating group) is 1. The van der Waals surface area contributed by atoms with Gasteiger partial charge in [0.25, 0.3) is 11.8 Å². The molecule has 1 saturated heterocycles. The standard InChI is InChI=1S/C23H24N4O4/c1-24-13-16(11-14-5-3-2-4-6-14)25-15-7-8-17-18(12-15)23(31)27(22(17)30)19-9-10-20(28)26-21(19)29/h2-8,12,16,19,24-25H,9-11,13H2,1H3,(H,26,28,29). The Morgan fingerprint density at radius 2 is 1.77 bits per heavy atom. The van der Waals surface area contributed by atoms with E-state index in [9.17, 15) is 19.2 Å². The molecule has 2 unspecified atom stereocenters. The van der Waals surface area contributed by atoms with Crippen LogP contribution in [0.3, 0.4) is 0 Å². The Morgan fingerprint density at radius 3 is 2.48 bits per heavy atom.